The Morgan fingerprint density at radius 2 is 1.76 bits per heavy atom. The number of benzene rings is 2. The fourth-order valence-electron chi connectivity index (χ4n) is 3.53. The minimum atomic E-state index is -0.201. The summed E-state index contributed by atoms with van der Waals surface area (Å²) < 4.78 is 0. The van der Waals surface area contributed by atoms with Gasteiger partial charge in [0.15, 0.2) is 0 Å². The van der Waals surface area contributed by atoms with E-state index in [1.54, 1.807) is 6.20 Å². The van der Waals surface area contributed by atoms with Crippen LogP contribution >= 0.6 is 23.2 Å². The number of nitrogens with zero attached hydrogens (tertiary/aromatic N) is 2. The molecule has 0 amide bonds. The van der Waals surface area contributed by atoms with Crippen LogP contribution in [0, 0.1) is 0 Å². The first-order valence-electron chi connectivity index (χ1n) is 8.70. The van der Waals surface area contributed by atoms with Crippen LogP contribution in [0.15, 0.2) is 54.7 Å². The summed E-state index contributed by atoms with van der Waals surface area (Å²) in [6.07, 6.45) is 4.44. The van der Waals surface area contributed by atoms with E-state index in [1.807, 2.05) is 24.3 Å². The molecule has 1 fully saturated rings. The smallest absolute Gasteiger partial charge is 0.0842 e. The summed E-state index contributed by atoms with van der Waals surface area (Å²) in [5.74, 6) is 0. The quantitative estimate of drug-likeness (QED) is 0.538. The van der Waals surface area contributed by atoms with Crippen molar-refractivity contribution < 1.29 is 0 Å². The maximum Gasteiger partial charge on any atom is 0.0842 e. The van der Waals surface area contributed by atoms with Gasteiger partial charge >= 0.3 is 0 Å². The van der Waals surface area contributed by atoms with Gasteiger partial charge in [-0.1, -0.05) is 41.9 Å². The number of hydrogen-bond donors (Lipinski definition) is 0. The number of alkyl halides is 1. The third-order valence-electron chi connectivity index (χ3n) is 4.89. The van der Waals surface area contributed by atoms with Crippen LogP contribution in [0.2, 0.25) is 5.02 Å². The van der Waals surface area contributed by atoms with Crippen molar-refractivity contribution in [3.8, 4) is 0 Å². The summed E-state index contributed by atoms with van der Waals surface area (Å²) in [6, 6.07) is 16.4. The van der Waals surface area contributed by atoms with Gasteiger partial charge in [0.1, 0.15) is 0 Å². The molecular weight excluding hydrogens is 351 g/mol. The topological polar surface area (TPSA) is 16.1 Å². The van der Waals surface area contributed by atoms with Gasteiger partial charge in [0.05, 0.1) is 10.9 Å². The number of likely N-dealkylation sites (tertiary alicyclic amines) is 1. The van der Waals surface area contributed by atoms with Gasteiger partial charge in [-0.25, -0.2) is 0 Å². The Kier molecular flexibility index (Phi) is 4.93. The van der Waals surface area contributed by atoms with Gasteiger partial charge in [0, 0.05) is 23.2 Å². The number of fused-ring (bicyclic) bond motifs is 1. The largest absolute Gasteiger partial charge is 0.299 e. The van der Waals surface area contributed by atoms with Crippen LogP contribution < -0.4 is 0 Å². The van der Waals surface area contributed by atoms with Gasteiger partial charge in [-0.3, -0.25) is 9.88 Å². The molecular formula is C21H20Cl2N2. The van der Waals surface area contributed by atoms with Gasteiger partial charge in [-0.15, -0.1) is 11.6 Å². The van der Waals surface area contributed by atoms with Gasteiger partial charge in [-0.05, 0) is 60.8 Å². The molecule has 0 radical (unpaired) electrons. The van der Waals surface area contributed by atoms with Crippen molar-refractivity contribution in [2.24, 2.45) is 0 Å². The van der Waals surface area contributed by atoms with Crippen molar-refractivity contribution in [1.82, 2.24) is 9.88 Å². The van der Waals surface area contributed by atoms with E-state index >= 15 is 0 Å². The molecule has 0 N–H and O–H groups in total. The van der Waals surface area contributed by atoms with Crippen LogP contribution in [0.3, 0.4) is 0 Å². The molecule has 1 saturated heterocycles. The highest BCUT2D eigenvalue weighted by molar-refractivity contribution is 6.31. The number of aromatic nitrogens is 1. The summed E-state index contributed by atoms with van der Waals surface area (Å²) in [5, 5.41) is 1.54. The molecule has 0 spiro atoms. The molecule has 4 rings (SSSR count). The predicted molar refractivity (Wildman–Crippen MR) is 105 cm³/mol. The molecule has 0 saturated carbocycles. The standard InChI is InChI=1S/C21H20Cl2N2/c22-17-7-8-18-19(9-10-24-20(18)13-17)21(23)16-5-3-15(4-6-16)14-25-11-1-2-12-25/h3-10,13,21H,1-2,11-12,14H2. The van der Waals surface area contributed by atoms with Gasteiger partial charge in [-0.2, -0.15) is 0 Å². The molecule has 0 bridgehead atoms. The molecule has 2 heterocycles. The second-order valence-corrected chi connectivity index (χ2v) is 7.52. The molecule has 1 aliphatic rings. The Bertz CT molecular complexity index is 871. The Hall–Kier alpha value is -1.61. The first kappa shape index (κ1) is 16.8. The summed E-state index contributed by atoms with van der Waals surface area (Å²) in [5.41, 5.74) is 4.40. The molecule has 4 heteroatoms. The number of rotatable bonds is 4. The monoisotopic (exact) mass is 370 g/mol. The van der Waals surface area contributed by atoms with Gasteiger partial charge in [0.2, 0.25) is 0 Å². The molecule has 1 aromatic heterocycles. The van der Waals surface area contributed by atoms with E-state index < -0.39 is 0 Å². The van der Waals surface area contributed by atoms with Crippen molar-refractivity contribution >= 4 is 34.1 Å². The lowest BCUT2D eigenvalue weighted by Crippen LogP contribution is -2.18. The Morgan fingerprint density at radius 3 is 2.52 bits per heavy atom. The maximum absolute atomic E-state index is 6.80. The number of halogens is 2. The van der Waals surface area contributed by atoms with E-state index in [4.69, 9.17) is 23.2 Å². The lowest BCUT2D eigenvalue weighted by Gasteiger charge is -2.16. The molecule has 128 valence electrons. The zero-order chi connectivity index (χ0) is 17.2. The fraction of sp³-hybridized carbons (Fsp3) is 0.286. The molecule has 1 aliphatic heterocycles. The average molecular weight is 371 g/mol. The normalized spacial score (nSPS) is 16.4. The second-order valence-electron chi connectivity index (χ2n) is 6.65. The van der Waals surface area contributed by atoms with Crippen molar-refractivity contribution in [3.05, 3.63) is 76.4 Å². The number of pyridine rings is 1. The summed E-state index contributed by atoms with van der Waals surface area (Å²) in [4.78, 5) is 6.91. The summed E-state index contributed by atoms with van der Waals surface area (Å²) in [6.45, 7) is 3.46. The maximum atomic E-state index is 6.80. The van der Waals surface area contributed by atoms with Crippen molar-refractivity contribution in [2.45, 2.75) is 24.8 Å². The second kappa shape index (κ2) is 7.33. The van der Waals surface area contributed by atoms with Crippen LogP contribution in [0.25, 0.3) is 10.9 Å². The first-order valence-corrected chi connectivity index (χ1v) is 9.51. The lowest BCUT2D eigenvalue weighted by atomic mass is 9.99. The Labute approximate surface area is 158 Å². The van der Waals surface area contributed by atoms with E-state index in [0.717, 1.165) is 28.6 Å². The molecule has 25 heavy (non-hydrogen) atoms. The third kappa shape index (κ3) is 3.67. The van der Waals surface area contributed by atoms with Gasteiger partial charge in [0.25, 0.3) is 0 Å². The molecule has 3 aromatic rings. The summed E-state index contributed by atoms with van der Waals surface area (Å²) >= 11 is 12.9. The van der Waals surface area contributed by atoms with Crippen molar-refractivity contribution in [3.63, 3.8) is 0 Å². The minimum Gasteiger partial charge on any atom is -0.299 e. The SMILES string of the molecule is Clc1ccc2c(C(Cl)c3ccc(CN4CCCC4)cc3)ccnc2c1. The summed E-state index contributed by atoms with van der Waals surface area (Å²) in [7, 11) is 0. The minimum absolute atomic E-state index is 0.201. The highest BCUT2D eigenvalue weighted by Gasteiger charge is 2.16. The fourth-order valence-corrected chi connectivity index (χ4v) is 4.04. The Balaban J connectivity index is 1.59. The van der Waals surface area contributed by atoms with E-state index in [9.17, 15) is 0 Å². The van der Waals surface area contributed by atoms with Crippen LogP contribution in [-0.2, 0) is 6.54 Å². The van der Waals surface area contributed by atoms with Crippen LogP contribution in [-0.4, -0.2) is 23.0 Å². The van der Waals surface area contributed by atoms with E-state index in [-0.39, 0.29) is 5.38 Å². The van der Waals surface area contributed by atoms with E-state index in [1.165, 1.54) is 31.5 Å². The zero-order valence-corrected chi connectivity index (χ0v) is 15.5. The third-order valence-corrected chi connectivity index (χ3v) is 5.61. The van der Waals surface area contributed by atoms with Crippen molar-refractivity contribution in [1.29, 1.82) is 0 Å². The van der Waals surface area contributed by atoms with Crippen LogP contribution in [0.5, 0.6) is 0 Å². The predicted octanol–water partition coefficient (Wildman–Crippen LogP) is 5.81. The molecule has 0 aliphatic carbocycles. The van der Waals surface area contributed by atoms with Crippen molar-refractivity contribution in [2.75, 3.05) is 13.1 Å². The molecule has 1 atom stereocenters. The van der Waals surface area contributed by atoms with Gasteiger partial charge < -0.3 is 0 Å². The average Bonchev–Trinajstić information content (AvgIpc) is 3.14. The zero-order valence-electron chi connectivity index (χ0n) is 14.0. The molecule has 1 unspecified atom stereocenters. The first-order chi connectivity index (χ1) is 12.2. The van der Waals surface area contributed by atoms with Crippen LogP contribution in [0.1, 0.15) is 34.9 Å². The number of hydrogen-bond acceptors (Lipinski definition) is 2. The molecule has 2 aromatic carbocycles. The van der Waals surface area contributed by atoms with E-state index in [0.29, 0.717) is 5.02 Å². The van der Waals surface area contributed by atoms with Crippen LogP contribution in [0.4, 0.5) is 0 Å². The highest BCUT2D eigenvalue weighted by atomic mass is 35.5. The Morgan fingerprint density at radius 1 is 1.00 bits per heavy atom. The lowest BCUT2D eigenvalue weighted by molar-refractivity contribution is 0.331. The molecule has 2 nitrogen and oxygen atoms in total. The van der Waals surface area contributed by atoms with E-state index in [2.05, 4.69) is 34.1 Å². The highest BCUT2D eigenvalue weighted by Crippen LogP contribution is 2.34.